The molecule has 0 saturated heterocycles. The molecule has 0 amide bonds. The van der Waals surface area contributed by atoms with Crippen LogP contribution in [-0.4, -0.2) is 6.04 Å². The van der Waals surface area contributed by atoms with Crippen molar-refractivity contribution in [1.82, 2.24) is 0 Å². The molecule has 0 heterocycles. The van der Waals surface area contributed by atoms with E-state index in [9.17, 15) is 0 Å². The van der Waals surface area contributed by atoms with E-state index >= 15 is 0 Å². The number of benzene rings is 5. The van der Waals surface area contributed by atoms with Gasteiger partial charge >= 0.3 is 0 Å². The summed E-state index contributed by atoms with van der Waals surface area (Å²) < 4.78 is 0. The van der Waals surface area contributed by atoms with Crippen molar-refractivity contribution in [2.24, 2.45) is 0 Å². The van der Waals surface area contributed by atoms with Crippen LogP contribution in [0.1, 0.15) is 41.7 Å². The molecule has 0 unspecified atom stereocenters. The highest BCUT2D eigenvalue weighted by Gasteiger charge is 2.51. The molecule has 1 heteroatoms. The molecule has 0 saturated carbocycles. The first-order valence-electron chi connectivity index (χ1n) is 12.9. The summed E-state index contributed by atoms with van der Waals surface area (Å²) in [5, 5.41) is 0. The van der Waals surface area contributed by atoms with Gasteiger partial charge in [-0.2, -0.15) is 0 Å². The summed E-state index contributed by atoms with van der Waals surface area (Å²) >= 11 is 0. The molecule has 174 valence electrons. The van der Waals surface area contributed by atoms with Crippen LogP contribution in [0.15, 0.2) is 115 Å². The first kappa shape index (κ1) is 21.2. The van der Waals surface area contributed by atoms with Crippen LogP contribution in [-0.2, 0) is 5.41 Å². The Balaban J connectivity index is 1.55. The molecular formula is C35H29N. The lowest BCUT2D eigenvalue weighted by Crippen LogP contribution is -2.28. The fraction of sp³-hybridized carbons (Fsp3) is 0.143. The normalized spacial score (nSPS) is 13.9. The lowest BCUT2D eigenvalue weighted by molar-refractivity contribution is 0.776. The molecule has 0 atom stereocenters. The summed E-state index contributed by atoms with van der Waals surface area (Å²) in [5.41, 5.74) is 14.4. The minimum Gasteiger partial charge on any atom is -0.339 e. The minimum absolute atomic E-state index is 0.301. The third kappa shape index (κ3) is 2.72. The second-order valence-electron chi connectivity index (χ2n) is 10.4. The van der Waals surface area contributed by atoms with E-state index in [1.807, 2.05) is 0 Å². The Hall–Kier alpha value is -4.10. The first-order valence-corrected chi connectivity index (χ1v) is 12.9. The zero-order valence-corrected chi connectivity index (χ0v) is 21.0. The predicted octanol–water partition coefficient (Wildman–Crippen LogP) is 8.89. The lowest BCUT2D eigenvalue weighted by Gasteiger charge is -2.33. The Bertz CT molecular complexity index is 1560. The van der Waals surface area contributed by atoms with Gasteiger partial charge in [0.1, 0.15) is 0 Å². The molecule has 0 aromatic heterocycles. The Morgan fingerprint density at radius 2 is 0.944 bits per heavy atom. The molecule has 0 N–H and O–H groups in total. The molecular weight excluding hydrogens is 434 g/mol. The molecule has 0 radical (unpaired) electrons. The second kappa shape index (κ2) is 7.70. The van der Waals surface area contributed by atoms with Crippen molar-refractivity contribution in [2.75, 3.05) is 4.90 Å². The van der Waals surface area contributed by atoms with E-state index in [0.717, 1.165) is 0 Å². The topological polar surface area (TPSA) is 3.24 Å². The average molecular weight is 464 g/mol. The van der Waals surface area contributed by atoms with Gasteiger partial charge in [-0.25, -0.2) is 0 Å². The van der Waals surface area contributed by atoms with Gasteiger partial charge in [0.2, 0.25) is 0 Å². The van der Waals surface area contributed by atoms with Gasteiger partial charge in [-0.15, -0.1) is 0 Å². The van der Waals surface area contributed by atoms with Crippen molar-refractivity contribution in [1.29, 1.82) is 0 Å². The molecule has 0 fully saturated rings. The van der Waals surface area contributed by atoms with Gasteiger partial charge in [0, 0.05) is 17.4 Å². The van der Waals surface area contributed by atoms with E-state index in [1.54, 1.807) is 0 Å². The molecule has 0 aliphatic heterocycles. The summed E-state index contributed by atoms with van der Waals surface area (Å²) in [7, 11) is 0. The van der Waals surface area contributed by atoms with Crippen molar-refractivity contribution in [3.8, 4) is 22.3 Å². The number of fused-ring (bicyclic) bond motifs is 10. The van der Waals surface area contributed by atoms with Gasteiger partial charge < -0.3 is 4.90 Å². The van der Waals surface area contributed by atoms with Crippen LogP contribution in [0.25, 0.3) is 22.3 Å². The van der Waals surface area contributed by atoms with E-state index < -0.39 is 0 Å². The van der Waals surface area contributed by atoms with Crippen molar-refractivity contribution >= 4 is 11.4 Å². The number of aryl methyl sites for hydroxylation is 1. The van der Waals surface area contributed by atoms with Gasteiger partial charge in [-0.05, 0) is 89.5 Å². The monoisotopic (exact) mass is 463 g/mol. The van der Waals surface area contributed by atoms with Gasteiger partial charge in [-0.3, -0.25) is 0 Å². The first-order chi connectivity index (χ1) is 17.6. The largest absolute Gasteiger partial charge is 0.339 e. The Morgan fingerprint density at radius 1 is 0.500 bits per heavy atom. The number of nitrogens with zero attached hydrogens (tertiary/aromatic N) is 1. The van der Waals surface area contributed by atoms with Crippen LogP contribution in [0.2, 0.25) is 0 Å². The van der Waals surface area contributed by atoms with E-state index in [2.05, 4.69) is 141 Å². The lowest BCUT2D eigenvalue weighted by atomic mass is 9.70. The van der Waals surface area contributed by atoms with Crippen molar-refractivity contribution in [2.45, 2.75) is 32.2 Å². The third-order valence-corrected chi connectivity index (χ3v) is 8.09. The molecule has 1 spiro atoms. The highest BCUT2D eigenvalue weighted by molar-refractivity contribution is 5.95. The van der Waals surface area contributed by atoms with Crippen molar-refractivity contribution < 1.29 is 0 Å². The highest BCUT2D eigenvalue weighted by Crippen LogP contribution is 2.63. The van der Waals surface area contributed by atoms with Crippen LogP contribution < -0.4 is 4.90 Å². The summed E-state index contributed by atoms with van der Waals surface area (Å²) in [4.78, 5) is 2.46. The maximum Gasteiger partial charge on any atom is 0.0726 e. The van der Waals surface area contributed by atoms with Crippen LogP contribution in [0.3, 0.4) is 0 Å². The number of hydrogen-bond acceptors (Lipinski definition) is 1. The van der Waals surface area contributed by atoms with E-state index in [0.29, 0.717) is 6.04 Å². The Kier molecular flexibility index (Phi) is 4.53. The summed E-state index contributed by atoms with van der Waals surface area (Å²) in [6.07, 6.45) is 0. The fourth-order valence-corrected chi connectivity index (χ4v) is 6.68. The smallest absolute Gasteiger partial charge is 0.0726 e. The van der Waals surface area contributed by atoms with Crippen molar-refractivity contribution in [3.63, 3.8) is 0 Å². The fourth-order valence-electron chi connectivity index (χ4n) is 6.68. The Morgan fingerprint density at radius 3 is 1.44 bits per heavy atom. The SMILES string of the molecule is Cc1ccc(N(c2ccc3c(c2)C2(c4ccccc4-c4ccccc42)c2ccccc2-3)C(C)C)cc1. The quantitative estimate of drug-likeness (QED) is 0.253. The van der Waals surface area contributed by atoms with E-state index in [-0.39, 0.29) is 5.41 Å². The summed E-state index contributed by atoms with van der Waals surface area (Å²) in [6, 6.07) is 43.4. The summed E-state index contributed by atoms with van der Waals surface area (Å²) in [5.74, 6) is 0. The molecule has 1 nitrogen and oxygen atoms in total. The van der Waals surface area contributed by atoms with Crippen LogP contribution in [0.4, 0.5) is 11.4 Å². The van der Waals surface area contributed by atoms with Gasteiger partial charge in [0.05, 0.1) is 5.41 Å². The maximum absolute atomic E-state index is 2.47. The van der Waals surface area contributed by atoms with Gasteiger partial charge in [0.15, 0.2) is 0 Å². The number of hydrogen-bond donors (Lipinski definition) is 0. The minimum atomic E-state index is -0.301. The molecule has 36 heavy (non-hydrogen) atoms. The maximum atomic E-state index is 2.47. The van der Waals surface area contributed by atoms with Crippen LogP contribution in [0, 0.1) is 6.92 Å². The second-order valence-corrected chi connectivity index (χ2v) is 10.4. The van der Waals surface area contributed by atoms with Crippen molar-refractivity contribution in [3.05, 3.63) is 143 Å². The van der Waals surface area contributed by atoms with E-state index in [4.69, 9.17) is 0 Å². The van der Waals surface area contributed by atoms with Gasteiger partial charge in [0.25, 0.3) is 0 Å². The van der Waals surface area contributed by atoms with E-state index in [1.165, 1.54) is 61.4 Å². The molecule has 5 aromatic rings. The molecule has 5 aromatic carbocycles. The van der Waals surface area contributed by atoms with Crippen LogP contribution >= 0.6 is 0 Å². The predicted molar refractivity (Wildman–Crippen MR) is 151 cm³/mol. The molecule has 2 aliphatic rings. The summed E-state index contributed by atoms with van der Waals surface area (Å²) in [6.45, 7) is 6.70. The Labute approximate surface area is 213 Å². The van der Waals surface area contributed by atoms with Gasteiger partial charge in [-0.1, -0.05) is 96.6 Å². The standard InChI is InChI=1S/C35H29N/c1-23(2)36(25-18-16-24(3)17-19-25)26-20-21-30-29-12-6-9-15-33(29)35(34(30)22-26)31-13-7-4-10-27(31)28-11-5-8-14-32(28)35/h4-23H,1-3H3. The molecule has 7 rings (SSSR count). The zero-order chi connectivity index (χ0) is 24.4. The van der Waals surface area contributed by atoms with Crippen LogP contribution in [0.5, 0.6) is 0 Å². The number of rotatable bonds is 3. The highest BCUT2D eigenvalue weighted by atomic mass is 15.2. The molecule has 0 bridgehead atoms. The third-order valence-electron chi connectivity index (χ3n) is 8.09. The average Bonchev–Trinajstić information content (AvgIpc) is 3.37. The molecule has 2 aliphatic carbocycles. The number of anilines is 2. The zero-order valence-electron chi connectivity index (χ0n) is 21.0.